The van der Waals surface area contributed by atoms with Gasteiger partial charge in [0, 0.05) is 41.7 Å². The van der Waals surface area contributed by atoms with E-state index in [-0.39, 0.29) is 0 Å². The average Bonchev–Trinajstić information content (AvgIpc) is 3.64. The highest BCUT2D eigenvalue weighted by atomic mass is 15.4. The molecule has 2 aliphatic rings. The summed E-state index contributed by atoms with van der Waals surface area (Å²) in [6.45, 7) is 12.3. The molecular formula is C36H35N9. The van der Waals surface area contributed by atoms with Gasteiger partial charge in [0.25, 0.3) is 11.9 Å². The number of benzene rings is 2. The second-order valence-corrected chi connectivity index (χ2v) is 12.3. The van der Waals surface area contributed by atoms with E-state index in [1.54, 1.807) is 9.36 Å². The molecule has 45 heavy (non-hydrogen) atoms. The van der Waals surface area contributed by atoms with Crippen LogP contribution in [0, 0.1) is 33.1 Å². The maximum atomic E-state index is 5.11. The van der Waals surface area contributed by atoms with Crippen molar-refractivity contribution in [3.63, 3.8) is 0 Å². The Bertz CT molecular complexity index is 2010. The van der Waals surface area contributed by atoms with E-state index in [9.17, 15) is 0 Å². The Morgan fingerprint density at radius 2 is 1.24 bits per heavy atom. The molecule has 0 bridgehead atoms. The Balaban J connectivity index is 1.27. The van der Waals surface area contributed by atoms with Crippen molar-refractivity contribution < 1.29 is 0 Å². The lowest BCUT2D eigenvalue weighted by atomic mass is 9.80. The molecule has 9 heteroatoms. The molecule has 0 radical (unpaired) electrons. The third-order valence-electron chi connectivity index (χ3n) is 8.37. The van der Waals surface area contributed by atoms with E-state index in [1.165, 1.54) is 11.1 Å². The first-order valence-corrected chi connectivity index (χ1v) is 15.0. The zero-order valence-corrected chi connectivity index (χ0v) is 26.6. The summed E-state index contributed by atoms with van der Waals surface area (Å²) >= 11 is 0. The number of aryl methyl sites for hydroxylation is 4. The molecular weight excluding hydrogens is 558 g/mol. The normalized spacial score (nSPS) is 16.5. The van der Waals surface area contributed by atoms with Crippen LogP contribution in [0.5, 0.6) is 0 Å². The van der Waals surface area contributed by atoms with Crippen LogP contribution in [0.1, 0.15) is 48.0 Å². The number of rotatable bonds is 5. The Morgan fingerprint density at radius 3 is 1.80 bits per heavy atom. The van der Waals surface area contributed by atoms with E-state index >= 15 is 0 Å². The van der Waals surface area contributed by atoms with Crippen molar-refractivity contribution in [3.05, 3.63) is 124 Å². The summed E-state index contributed by atoms with van der Waals surface area (Å²) < 4.78 is 3.49. The summed E-state index contributed by atoms with van der Waals surface area (Å²) in [5.74, 6) is 2.28. The minimum Gasteiger partial charge on any atom is -0.335 e. The van der Waals surface area contributed by atoms with E-state index in [1.807, 2.05) is 59.0 Å². The maximum Gasteiger partial charge on any atom is 0.256 e. The van der Waals surface area contributed by atoms with E-state index < -0.39 is 5.41 Å². The topological polar surface area (TPSA) is 89.9 Å². The molecule has 0 aliphatic carbocycles. The Hall–Kier alpha value is -5.44. The predicted octanol–water partition coefficient (Wildman–Crippen LogP) is 6.84. The van der Waals surface area contributed by atoms with Crippen molar-refractivity contribution in [3.8, 4) is 23.0 Å². The molecule has 0 amide bonds. The van der Waals surface area contributed by atoms with Crippen molar-refractivity contribution in [2.24, 2.45) is 10.4 Å². The summed E-state index contributed by atoms with van der Waals surface area (Å²) in [5.41, 5.74) is 9.97. The molecule has 0 unspecified atom stereocenters. The number of hydrogen-bond donors (Lipinski definition) is 0. The monoisotopic (exact) mass is 593 g/mol. The maximum absolute atomic E-state index is 5.11. The highest BCUT2D eigenvalue weighted by molar-refractivity contribution is 6.08. The van der Waals surface area contributed by atoms with Crippen molar-refractivity contribution in [2.45, 2.75) is 41.5 Å². The van der Waals surface area contributed by atoms with Gasteiger partial charge in [-0.1, -0.05) is 68.4 Å². The van der Waals surface area contributed by atoms with Crippen LogP contribution in [0.4, 0.5) is 0 Å². The Morgan fingerprint density at radius 1 is 0.689 bits per heavy atom. The lowest BCUT2D eigenvalue weighted by molar-refractivity contribution is 0.566. The van der Waals surface area contributed by atoms with Crippen LogP contribution >= 0.6 is 0 Å². The smallest absolute Gasteiger partial charge is 0.256 e. The Kier molecular flexibility index (Phi) is 6.69. The molecule has 0 saturated carbocycles. The molecule has 5 heterocycles. The number of hydrogen-bond acceptors (Lipinski definition) is 7. The second kappa shape index (κ2) is 10.6. The summed E-state index contributed by atoms with van der Waals surface area (Å²) in [4.78, 5) is 21.7. The van der Waals surface area contributed by atoms with Crippen LogP contribution in [-0.4, -0.2) is 52.3 Å². The quantitative estimate of drug-likeness (QED) is 0.222. The largest absolute Gasteiger partial charge is 0.335 e. The van der Waals surface area contributed by atoms with Gasteiger partial charge in [-0.25, -0.2) is 14.4 Å². The van der Waals surface area contributed by atoms with Crippen molar-refractivity contribution in [2.75, 3.05) is 7.05 Å². The molecule has 0 fully saturated rings. The standard InChI is InChI=1S/C36H35N9/c1-22-17-24(3)44(41-22)34-38-32(39-35(40-34)45-25(4)18-23(2)42-45)20-31-36(5,6)30-19-29(21-43(7)33(30)37-31)28-15-13-27(14-16-28)26-11-9-8-10-12-26/h8-21H,1-7H3/b31-20-. The van der Waals surface area contributed by atoms with Gasteiger partial charge in [0.05, 0.1) is 17.1 Å². The zero-order valence-electron chi connectivity index (χ0n) is 26.6. The number of fused-ring (bicyclic) bond motifs is 1. The second-order valence-electron chi connectivity index (χ2n) is 12.3. The average molecular weight is 594 g/mol. The molecule has 0 N–H and O–H groups in total. The van der Waals surface area contributed by atoms with Crippen LogP contribution in [0.25, 0.3) is 34.7 Å². The molecule has 0 atom stereocenters. The molecule has 9 nitrogen and oxygen atoms in total. The first-order chi connectivity index (χ1) is 21.6. The minimum absolute atomic E-state index is 0.392. The number of aliphatic imine (C=N–C) groups is 1. The fraction of sp³-hybridized carbons (Fsp3) is 0.222. The van der Waals surface area contributed by atoms with Crippen LogP contribution < -0.4 is 0 Å². The van der Waals surface area contributed by atoms with Gasteiger partial charge in [0.2, 0.25) is 0 Å². The number of likely N-dealkylation sites (N-methyl/N-ethyl adjacent to an activating group) is 1. The van der Waals surface area contributed by atoms with E-state index in [2.05, 4.69) is 89.8 Å². The van der Waals surface area contributed by atoms with E-state index in [4.69, 9.17) is 19.9 Å². The molecule has 0 spiro atoms. The molecule has 2 aliphatic heterocycles. The highest BCUT2D eigenvalue weighted by Crippen LogP contribution is 2.46. The first-order valence-electron chi connectivity index (χ1n) is 15.0. The third-order valence-corrected chi connectivity index (χ3v) is 8.37. The van der Waals surface area contributed by atoms with Gasteiger partial charge in [-0.2, -0.15) is 25.1 Å². The number of nitrogens with zero attached hydrogens (tertiary/aromatic N) is 9. The minimum atomic E-state index is -0.392. The molecule has 2 aromatic carbocycles. The Labute approximate surface area is 263 Å². The van der Waals surface area contributed by atoms with Gasteiger partial charge in [0.1, 0.15) is 5.84 Å². The molecule has 3 aromatic heterocycles. The summed E-state index contributed by atoms with van der Waals surface area (Å²) in [7, 11) is 2.05. The SMILES string of the molecule is Cc1cc(C)n(-c2nc(/C=C3\N=C4C(=CC(c5ccc(-c6ccccc6)cc5)=CN4C)C3(C)C)nc(-n3nc(C)cc3C)n2)n1. The van der Waals surface area contributed by atoms with Gasteiger partial charge in [-0.05, 0) is 68.2 Å². The molecule has 224 valence electrons. The van der Waals surface area contributed by atoms with Crippen LogP contribution in [0.15, 0.2) is 95.3 Å². The van der Waals surface area contributed by atoms with Gasteiger partial charge >= 0.3 is 0 Å². The fourth-order valence-corrected chi connectivity index (χ4v) is 5.97. The molecule has 5 aromatic rings. The summed E-state index contributed by atoms with van der Waals surface area (Å²) in [6, 6.07) is 23.2. The van der Waals surface area contributed by atoms with E-state index in [0.717, 1.165) is 51.0 Å². The number of allylic oxidation sites excluding steroid dienone is 3. The van der Waals surface area contributed by atoms with Crippen molar-refractivity contribution >= 4 is 17.5 Å². The predicted molar refractivity (Wildman–Crippen MR) is 178 cm³/mol. The van der Waals surface area contributed by atoms with Crippen LogP contribution in [0.3, 0.4) is 0 Å². The fourth-order valence-electron chi connectivity index (χ4n) is 5.97. The highest BCUT2D eigenvalue weighted by Gasteiger charge is 2.40. The van der Waals surface area contributed by atoms with E-state index in [0.29, 0.717) is 17.7 Å². The lowest BCUT2D eigenvalue weighted by Crippen LogP contribution is -2.28. The first kappa shape index (κ1) is 28.3. The molecule has 0 saturated heterocycles. The lowest BCUT2D eigenvalue weighted by Gasteiger charge is -2.28. The van der Waals surface area contributed by atoms with Gasteiger partial charge in [-0.3, -0.25) is 0 Å². The molecule has 7 rings (SSSR count). The summed E-state index contributed by atoms with van der Waals surface area (Å²) in [5, 5.41) is 9.27. The van der Waals surface area contributed by atoms with Gasteiger partial charge < -0.3 is 4.90 Å². The summed E-state index contributed by atoms with van der Waals surface area (Å²) in [6.07, 6.45) is 6.36. The van der Waals surface area contributed by atoms with Crippen molar-refractivity contribution in [1.82, 2.24) is 39.4 Å². The van der Waals surface area contributed by atoms with Crippen LogP contribution in [-0.2, 0) is 0 Å². The number of aromatic nitrogens is 7. The van der Waals surface area contributed by atoms with Gasteiger partial charge in [-0.15, -0.1) is 0 Å². The van der Waals surface area contributed by atoms with Crippen LogP contribution in [0.2, 0.25) is 0 Å². The van der Waals surface area contributed by atoms with Crippen molar-refractivity contribution in [1.29, 1.82) is 0 Å². The third kappa shape index (κ3) is 5.10. The zero-order chi connectivity index (χ0) is 31.5. The number of amidine groups is 1. The van der Waals surface area contributed by atoms with Gasteiger partial charge in [0.15, 0.2) is 5.82 Å².